The van der Waals surface area contributed by atoms with Crippen LogP contribution in [0.4, 0.5) is 0 Å². The molecule has 0 radical (unpaired) electrons. The van der Waals surface area contributed by atoms with Gasteiger partial charge in [-0.3, -0.25) is 4.79 Å². The molecule has 0 spiro atoms. The number of hydrogen-bond donors (Lipinski definition) is 6. The third-order valence-corrected chi connectivity index (χ3v) is 5.94. The third kappa shape index (κ3) is 4.54. The van der Waals surface area contributed by atoms with Crippen LogP contribution in [0.25, 0.3) is 0 Å². The Labute approximate surface area is 199 Å². The lowest BCUT2D eigenvalue weighted by molar-refractivity contribution is -0.277. The number of phenolic OH excluding ortho intramolecular Hbond substituents is 2. The van der Waals surface area contributed by atoms with Gasteiger partial charge in [0.15, 0.2) is 17.3 Å². The standard InChI is InChI=1S/C23H26O12/c1-31-15-3-9(4-16(32-2)19(15)27)12-7-11(26)18-13(33-12)5-10(25)6-14(18)34-23-22(30)21(29)20(28)17(8-24)35-23/h3-6,12,17,20-25,27-30H,7-8H2,1-2H3/t12-,17+,20+,21-,22-,23+/m0/s1. The van der Waals surface area contributed by atoms with Gasteiger partial charge in [-0.25, -0.2) is 0 Å². The number of hydrogen-bond acceptors (Lipinski definition) is 12. The molecule has 2 aromatic rings. The predicted octanol–water partition coefficient (Wildman–Crippen LogP) is 0.000200. The first-order chi connectivity index (χ1) is 16.7. The molecule has 35 heavy (non-hydrogen) atoms. The van der Waals surface area contributed by atoms with Crippen molar-refractivity contribution in [1.82, 2.24) is 0 Å². The lowest BCUT2D eigenvalue weighted by atomic mass is 9.94. The first-order valence-electron chi connectivity index (χ1n) is 10.7. The van der Waals surface area contributed by atoms with Crippen molar-refractivity contribution in [2.75, 3.05) is 20.8 Å². The van der Waals surface area contributed by atoms with Gasteiger partial charge < -0.3 is 54.3 Å². The molecule has 0 saturated carbocycles. The monoisotopic (exact) mass is 494 g/mol. The van der Waals surface area contributed by atoms with Gasteiger partial charge in [0.05, 0.1) is 27.2 Å². The molecule has 6 N–H and O–H groups in total. The summed E-state index contributed by atoms with van der Waals surface area (Å²) in [7, 11) is 2.72. The summed E-state index contributed by atoms with van der Waals surface area (Å²) >= 11 is 0. The van der Waals surface area contributed by atoms with Gasteiger partial charge in [-0.15, -0.1) is 0 Å². The van der Waals surface area contributed by atoms with Crippen LogP contribution in [0.15, 0.2) is 24.3 Å². The molecule has 4 rings (SSSR count). The van der Waals surface area contributed by atoms with Crippen molar-refractivity contribution in [3.63, 3.8) is 0 Å². The first kappa shape index (κ1) is 24.8. The van der Waals surface area contributed by atoms with E-state index in [0.717, 1.165) is 6.07 Å². The van der Waals surface area contributed by atoms with Crippen LogP contribution in [0.2, 0.25) is 0 Å². The lowest BCUT2D eigenvalue weighted by Crippen LogP contribution is -2.60. The topological polar surface area (TPSA) is 185 Å². The fourth-order valence-electron chi connectivity index (χ4n) is 4.08. The summed E-state index contributed by atoms with van der Waals surface area (Å²) in [5.41, 5.74) is 0.434. The fourth-order valence-corrected chi connectivity index (χ4v) is 4.08. The van der Waals surface area contributed by atoms with Crippen LogP contribution >= 0.6 is 0 Å². The summed E-state index contributed by atoms with van der Waals surface area (Å²) in [6.45, 7) is -0.660. The number of carbonyl (C=O) groups excluding carboxylic acids is 1. The SMILES string of the molecule is COc1cc([C@@H]2CC(=O)c3c(O[C@@H]4O[C@H](CO)[C@@H](O)[C@H](O)[C@@H]4O)cc(O)cc3O2)cc(OC)c1O. The predicted molar refractivity (Wildman–Crippen MR) is 116 cm³/mol. The Morgan fingerprint density at radius 1 is 0.943 bits per heavy atom. The molecule has 0 aliphatic carbocycles. The number of ether oxygens (including phenoxy) is 5. The van der Waals surface area contributed by atoms with E-state index in [1.54, 1.807) is 0 Å². The van der Waals surface area contributed by atoms with Gasteiger partial charge >= 0.3 is 0 Å². The number of benzene rings is 2. The van der Waals surface area contributed by atoms with Crippen LogP contribution in [0.5, 0.6) is 34.5 Å². The highest BCUT2D eigenvalue weighted by Crippen LogP contribution is 2.45. The van der Waals surface area contributed by atoms with Crippen molar-refractivity contribution in [3.05, 3.63) is 35.4 Å². The Balaban J connectivity index is 1.66. The Morgan fingerprint density at radius 3 is 2.20 bits per heavy atom. The van der Waals surface area contributed by atoms with Gasteiger partial charge in [-0.05, 0) is 12.1 Å². The van der Waals surface area contributed by atoms with Crippen LogP contribution in [0.1, 0.15) is 28.4 Å². The van der Waals surface area contributed by atoms with E-state index in [-0.39, 0.29) is 46.5 Å². The Kier molecular flexibility index (Phi) is 6.92. The summed E-state index contributed by atoms with van der Waals surface area (Å²) in [6.07, 6.45) is -8.74. The molecule has 0 unspecified atom stereocenters. The smallest absolute Gasteiger partial charge is 0.229 e. The van der Waals surface area contributed by atoms with Crippen molar-refractivity contribution in [2.24, 2.45) is 0 Å². The van der Waals surface area contributed by atoms with Gasteiger partial charge in [0.2, 0.25) is 12.0 Å². The van der Waals surface area contributed by atoms with Crippen molar-refractivity contribution >= 4 is 5.78 Å². The largest absolute Gasteiger partial charge is 0.508 e. The molecule has 0 aromatic heterocycles. The number of methoxy groups -OCH3 is 2. The number of aliphatic hydroxyl groups excluding tert-OH is 4. The molecule has 2 aromatic carbocycles. The average molecular weight is 494 g/mol. The highest BCUT2D eigenvalue weighted by molar-refractivity contribution is 6.03. The fraction of sp³-hybridized carbons (Fsp3) is 0.435. The third-order valence-electron chi connectivity index (χ3n) is 5.94. The quantitative estimate of drug-likeness (QED) is 0.316. The second-order valence-corrected chi connectivity index (χ2v) is 8.14. The molecule has 12 heteroatoms. The molecular weight excluding hydrogens is 468 g/mol. The van der Waals surface area contributed by atoms with Gasteiger partial charge in [-0.1, -0.05) is 0 Å². The number of ketones is 1. The lowest BCUT2D eigenvalue weighted by Gasteiger charge is -2.40. The normalized spacial score (nSPS) is 28.1. The highest BCUT2D eigenvalue weighted by Gasteiger charge is 2.45. The molecule has 190 valence electrons. The second-order valence-electron chi connectivity index (χ2n) is 8.14. The van der Waals surface area contributed by atoms with Crippen LogP contribution in [0.3, 0.4) is 0 Å². The Morgan fingerprint density at radius 2 is 1.60 bits per heavy atom. The van der Waals surface area contributed by atoms with Crippen LogP contribution in [-0.2, 0) is 4.74 Å². The molecule has 1 saturated heterocycles. The molecule has 2 aliphatic heterocycles. The van der Waals surface area contributed by atoms with Crippen molar-refractivity contribution in [2.45, 2.75) is 43.2 Å². The van der Waals surface area contributed by atoms with E-state index < -0.39 is 49.2 Å². The van der Waals surface area contributed by atoms with Crippen LogP contribution < -0.4 is 18.9 Å². The molecule has 0 bridgehead atoms. The second kappa shape index (κ2) is 9.76. The van der Waals surface area contributed by atoms with E-state index in [4.69, 9.17) is 23.7 Å². The molecule has 2 heterocycles. The summed E-state index contributed by atoms with van der Waals surface area (Å²) in [4.78, 5) is 13.2. The van der Waals surface area contributed by atoms with Crippen molar-refractivity contribution in [1.29, 1.82) is 0 Å². The minimum atomic E-state index is -1.71. The van der Waals surface area contributed by atoms with Gasteiger partial charge in [0.1, 0.15) is 53.3 Å². The Bertz CT molecular complexity index is 1080. The number of aliphatic hydroxyl groups is 4. The number of rotatable bonds is 6. The molecule has 12 nitrogen and oxygen atoms in total. The van der Waals surface area contributed by atoms with E-state index in [1.165, 1.54) is 32.4 Å². The maximum absolute atomic E-state index is 13.2. The molecule has 2 aliphatic rings. The molecule has 6 atom stereocenters. The maximum Gasteiger partial charge on any atom is 0.229 e. The summed E-state index contributed by atoms with van der Waals surface area (Å²) in [5, 5.41) is 60.0. The highest BCUT2D eigenvalue weighted by atomic mass is 16.7. The van der Waals surface area contributed by atoms with E-state index in [1.807, 2.05) is 0 Å². The van der Waals surface area contributed by atoms with Crippen LogP contribution in [-0.4, -0.2) is 88.0 Å². The van der Waals surface area contributed by atoms with Gasteiger partial charge in [-0.2, -0.15) is 0 Å². The number of Topliss-reactive ketones (excluding diaryl/α,β-unsaturated/α-hetero) is 1. The number of phenols is 2. The Hall–Kier alpha value is -3.29. The molecular formula is C23H26O12. The first-order valence-corrected chi connectivity index (χ1v) is 10.7. The van der Waals surface area contributed by atoms with Crippen LogP contribution in [0, 0.1) is 0 Å². The zero-order valence-corrected chi connectivity index (χ0v) is 18.8. The summed E-state index contributed by atoms with van der Waals surface area (Å²) in [6, 6.07) is 5.33. The van der Waals surface area contributed by atoms with E-state index in [2.05, 4.69) is 0 Å². The van der Waals surface area contributed by atoms with E-state index in [0.29, 0.717) is 5.56 Å². The zero-order valence-electron chi connectivity index (χ0n) is 18.8. The summed E-state index contributed by atoms with van der Waals surface area (Å²) < 4.78 is 27.2. The van der Waals surface area contributed by atoms with Gasteiger partial charge in [0, 0.05) is 17.7 Å². The van der Waals surface area contributed by atoms with E-state index >= 15 is 0 Å². The summed E-state index contributed by atoms with van der Waals surface area (Å²) in [5.74, 6) is -0.938. The number of aromatic hydroxyl groups is 2. The zero-order chi connectivity index (χ0) is 25.4. The maximum atomic E-state index is 13.2. The minimum Gasteiger partial charge on any atom is -0.508 e. The van der Waals surface area contributed by atoms with Gasteiger partial charge in [0.25, 0.3) is 0 Å². The van der Waals surface area contributed by atoms with E-state index in [9.17, 15) is 35.4 Å². The van der Waals surface area contributed by atoms with Crippen molar-refractivity contribution < 1.29 is 59.1 Å². The number of fused-ring (bicyclic) bond motifs is 1. The molecule has 1 fully saturated rings. The average Bonchev–Trinajstić information content (AvgIpc) is 2.83. The minimum absolute atomic E-state index is 0.0168. The molecule has 0 amide bonds. The van der Waals surface area contributed by atoms with Crippen molar-refractivity contribution in [3.8, 4) is 34.5 Å². The number of carbonyl (C=O) groups is 1.